The standard InChI is InChI=1S/C17H21N7/c1-13-19-7-8-23(13)17-15(3-2-5-20-17)11-18-9-14-10-21-16-4-6-22-24(16)12-14/h2-8,14,18,21H,9-12H2,1H3. The fraction of sp³-hybridized carbons (Fsp3) is 0.353. The molecule has 0 fully saturated rings. The lowest BCUT2D eigenvalue weighted by molar-refractivity contribution is 0.391. The number of nitrogens with zero attached hydrogens (tertiary/aromatic N) is 5. The van der Waals surface area contributed by atoms with Gasteiger partial charge in [-0.05, 0) is 13.0 Å². The molecule has 1 aliphatic heterocycles. The van der Waals surface area contributed by atoms with Crippen LogP contribution < -0.4 is 10.6 Å². The Hall–Kier alpha value is -2.67. The monoisotopic (exact) mass is 323 g/mol. The fourth-order valence-corrected chi connectivity index (χ4v) is 3.12. The minimum Gasteiger partial charge on any atom is -0.370 e. The second-order valence-corrected chi connectivity index (χ2v) is 6.11. The molecule has 0 aliphatic carbocycles. The number of hydrogen-bond acceptors (Lipinski definition) is 5. The van der Waals surface area contributed by atoms with Gasteiger partial charge >= 0.3 is 0 Å². The van der Waals surface area contributed by atoms with Gasteiger partial charge in [-0.1, -0.05) is 6.07 Å². The van der Waals surface area contributed by atoms with Crippen LogP contribution in [0.4, 0.5) is 5.82 Å². The number of aryl methyl sites for hydroxylation is 1. The Labute approximate surface area is 140 Å². The summed E-state index contributed by atoms with van der Waals surface area (Å²) in [6.07, 6.45) is 7.41. The Morgan fingerprint density at radius 3 is 3.08 bits per heavy atom. The number of aromatic nitrogens is 5. The van der Waals surface area contributed by atoms with Crippen molar-refractivity contribution in [3.05, 3.63) is 54.4 Å². The van der Waals surface area contributed by atoms with Crippen LogP contribution in [0.15, 0.2) is 43.0 Å². The van der Waals surface area contributed by atoms with Crippen LogP contribution >= 0.6 is 0 Å². The first kappa shape index (κ1) is 14.9. The first-order valence-electron chi connectivity index (χ1n) is 8.22. The van der Waals surface area contributed by atoms with Crippen LogP contribution in [-0.2, 0) is 13.1 Å². The maximum absolute atomic E-state index is 4.53. The highest BCUT2D eigenvalue weighted by Gasteiger charge is 2.18. The molecule has 1 atom stereocenters. The van der Waals surface area contributed by atoms with Crippen LogP contribution in [0.25, 0.3) is 5.82 Å². The molecule has 3 aromatic heterocycles. The zero-order valence-electron chi connectivity index (χ0n) is 13.7. The van der Waals surface area contributed by atoms with E-state index in [0.717, 1.165) is 43.6 Å². The molecule has 1 aliphatic rings. The number of pyridine rings is 1. The molecular weight excluding hydrogens is 302 g/mol. The lowest BCUT2D eigenvalue weighted by Gasteiger charge is -2.25. The molecule has 0 saturated heterocycles. The van der Waals surface area contributed by atoms with Gasteiger partial charge in [0.1, 0.15) is 17.5 Å². The smallest absolute Gasteiger partial charge is 0.142 e. The maximum atomic E-state index is 4.53. The van der Waals surface area contributed by atoms with Crippen molar-refractivity contribution in [1.82, 2.24) is 29.6 Å². The van der Waals surface area contributed by atoms with E-state index in [4.69, 9.17) is 0 Å². The minimum atomic E-state index is 0.521. The average molecular weight is 323 g/mol. The number of imidazole rings is 1. The third kappa shape index (κ3) is 2.90. The van der Waals surface area contributed by atoms with Gasteiger partial charge in [0.2, 0.25) is 0 Å². The molecule has 3 aromatic rings. The zero-order valence-corrected chi connectivity index (χ0v) is 13.7. The number of nitrogens with one attached hydrogen (secondary N) is 2. The summed E-state index contributed by atoms with van der Waals surface area (Å²) in [5.41, 5.74) is 1.17. The summed E-state index contributed by atoms with van der Waals surface area (Å²) in [5, 5.41) is 11.3. The van der Waals surface area contributed by atoms with Gasteiger partial charge in [0.15, 0.2) is 0 Å². The molecule has 0 saturated carbocycles. The largest absolute Gasteiger partial charge is 0.370 e. The van der Waals surface area contributed by atoms with Crippen LogP contribution in [0.3, 0.4) is 0 Å². The predicted molar refractivity (Wildman–Crippen MR) is 92.0 cm³/mol. The highest BCUT2D eigenvalue weighted by molar-refractivity contribution is 5.36. The molecule has 1 unspecified atom stereocenters. The topological polar surface area (TPSA) is 72.6 Å². The lowest BCUT2D eigenvalue weighted by atomic mass is 10.1. The summed E-state index contributed by atoms with van der Waals surface area (Å²) in [4.78, 5) is 8.82. The van der Waals surface area contributed by atoms with E-state index in [1.54, 1.807) is 6.20 Å². The van der Waals surface area contributed by atoms with Crippen LogP contribution in [0, 0.1) is 12.8 Å². The van der Waals surface area contributed by atoms with E-state index in [9.17, 15) is 0 Å². The Morgan fingerprint density at radius 2 is 2.21 bits per heavy atom. The van der Waals surface area contributed by atoms with Gasteiger partial charge in [-0.2, -0.15) is 5.10 Å². The van der Waals surface area contributed by atoms with Crippen molar-refractivity contribution in [3.8, 4) is 5.82 Å². The molecular formula is C17H21N7. The van der Waals surface area contributed by atoms with Gasteiger partial charge in [-0.15, -0.1) is 0 Å². The van der Waals surface area contributed by atoms with Crippen molar-refractivity contribution in [2.24, 2.45) is 5.92 Å². The van der Waals surface area contributed by atoms with Gasteiger partial charge in [0, 0.05) is 62.3 Å². The van der Waals surface area contributed by atoms with Crippen molar-refractivity contribution >= 4 is 5.82 Å². The van der Waals surface area contributed by atoms with E-state index in [2.05, 4.69) is 31.8 Å². The van der Waals surface area contributed by atoms with Crippen molar-refractivity contribution in [2.75, 3.05) is 18.4 Å². The number of rotatable bonds is 5. The second-order valence-electron chi connectivity index (χ2n) is 6.11. The highest BCUT2D eigenvalue weighted by Crippen LogP contribution is 2.16. The first-order valence-corrected chi connectivity index (χ1v) is 8.22. The summed E-state index contributed by atoms with van der Waals surface area (Å²) >= 11 is 0. The molecule has 0 amide bonds. The van der Waals surface area contributed by atoms with E-state index < -0.39 is 0 Å². The van der Waals surface area contributed by atoms with E-state index in [-0.39, 0.29) is 0 Å². The summed E-state index contributed by atoms with van der Waals surface area (Å²) < 4.78 is 4.05. The molecule has 0 radical (unpaired) electrons. The molecule has 124 valence electrons. The van der Waals surface area contributed by atoms with Gasteiger partial charge < -0.3 is 10.6 Å². The van der Waals surface area contributed by atoms with Gasteiger partial charge in [-0.3, -0.25) is 4.57 Å². The quantitative estimate of drug-likeness (QED) is 0.746. The Morgan fingerprint density at radius 1 is 1.25 bits per heavy atom. The molecule has 7 heteroatoms. The van der Waals surface area contributed by atoms with Crippen molar-refractivity contribution < 1.29 is 0 Å². The molecule has 7 nitrogen and oxygen atoms in total. The Balaban J connectivity index is 1.40. The summed E-state index contributed by atoms with van der Waals surface area (Å²) in [6, 6.07) is 6.10. The van der Waals surface area contributed by atoms with E-state index >= 15 is 0 Å². The molecule has 4 rings (SSSR count). The molecule has 2 N–H and O–H groups in total. The van der Waals surface area contributed by atoms with Crippen molar-refractivity contribution in [2.45, 2.75) is 20.0 Å². The van der Waals surface area contributed by atoms with Crippen molar-refractivity contribution in [1.29, 1.82) is 0 Å². The Kier molecular flexibility index (Phi) is 4.00. The highest BCUT2D eigenvalue weighted by atomic mass is 15.3. The maximum Gasteiger partial charge on any atom is 0.142 e. The lowest BCUT2D eigenvalue weighted by Crippen LogP contribution is -2.35. The van der Waals surface area contributed by atoms with Crippen LogP contribution in [0.2, 0.25) is 0 Å². The molecule has 0 aromatic carbocycles. The number of anilines is 1. The average Bonchev–Trinajstić information content (AvgIpc) is 3.23. The Bertz CT molecular complexity index is 820. The van der Waals surface area contributed by atoms with Crippen LogP contribution in [-0.4, -0.2) is 37.4 Å². The SMILES string of the molecule is Cc1nccn1-c1ncccc1CNCC1CNc2ccnn2C1. The number of hydrogen-bond donors (Lipinski definition) is 2. The van der Waals surface area contributed by atoms with Gasteiger partial charge in [0.25, 0.3) is 0 Å². The van der Waals surface area contributed by atoms with E-state index in [1.807, 2.05) is 46.9 Å². The zero-order chi connectivity index (χ0) is 16.4. The van der Waals surface area contributed by atoms with Gasteiger partial charge in [-0.25, -0.2) is 14.6 Å². The van der Waals surface area contributed by atoms with E-state index in [0.29, 0.717) is 5.92 Å². The third-order valence-corrected chi connectivity index (χ3v) is 4.39. The minimum absolute atomic E-state index is 0.521. The fourth-order valence-electron chi connectivity index (χ4n) is 3.12. The molecule has 24 heavy (non-hydrogen) atoms. The van der Waals surface area contributed by atoms with Crippen molar-refractivity contribution in [3.63, 3.8) is 0 Å². The predicted octanol–water partition coefficient (Wildman–Crippen LogP) is 1.60. The molecule has 0 spiro atoms. The summed E-state index contributed by atoms with van der Waals surface area (Å²) in [6.45, 7) is 5.62. The van der Waals surface area contributed by atoms with Crippen LogP contribution in [0.5, 0.6) is 0 Å². The normalized spacial score (nSPS) is 16.6. The third-order valence-electron chi connectivity index (χ3n) is 4.39. The summed E-state index contributed by atoms with van der Waals surface area (Å²) in [7, 11) is 0. The van der Waals surface area contributed by atoms with E-state index in [1.165, 1.54) is 5.56 Å². The molecule has 4 heterocycles. The summed E-state index contributed by atoms with van der Waals surface area (Å²) in [5.74, 6) is 3.51. The second kappa shape index (κ2) is 6.45. The van der Waals surface area contributed by atoms with Gasteiger partial charge in [0.05, 0.1) is 6.20 Å². The molecule has 0 bridgehead atoms. The first-order chi connectivity index (χ1) is 11.8. The number of fused-ring (bicyclic) bond motifs is 1. The van der Waals surface area contributed by atoms with Crippen LogP contribution in [0.1, 0.15) is 11.4 Å².